The van der Waals surface area contributed by atoms with E-state index in [1.54, 1.807) is 42.5 Å². The van der Waals surface area contributed by atoms with E-state index in [4.69, 9.17) is 9.15 Å². The number of thioether (sulfide) groups is 1. The molecule has 0 aliphatic heterocycles. The van der Waals surface area contributed by atoms with E-state index in [1.165, 1.54) is 17.8 Å². The minimum absolute atomic E-state index is 0.0235. The third-order valence-corrected chi connectivity index (χ3v) is 5.55. The fourth-order valence-corrected chi connectivity index (χ4v) is 3.90. The topological polar surface area (TPSA) is 73.4 Å². The number of amides is 1. The molecule has 0 aliphatic rings. The first-order valence-electron chi connectivity index (χ1n) is 9.88. The Kier molecular flexibility index (Phi) is 6.86. The van der Waals surface area contributed by atoms with Crippen LogP contribution in [0.2, 0.25) is 0 Å². The molecule has 0 atom stereocenters. The van der Waals surface area contributed by atoms with Crippen molar-refractivity contribution in [3.63, 3.8) is 0 Å². The molecule has 0 unspecified atom stereocenters. The van der Waals surface area contributed by atoms with Crippen LogP contribution in [0.4, 0.5) is 4.39 Å². The molecule has 0 N–H and O–H groups in total. The molecule has 164 valence electrons. The van der Waals surface area contributed by atoms with Crippen molar-refractivity contribution in [2.24, 2.45) is 0 Å². The van der Waals surface area contributed by atoms with E-state index in [2.05, 4.69) is 10.2 Å². The van der Waals surface area contributed by atoms with E-state index in [-0.39, 0.29) is 24.0 Å². The molecule has 0 fully saturated rings. The van der Waals surface area contributed by atoms with E-state index in [0.29, 0.717) is 23.3 Å². The van der Waals surface area contributed by atoms with Crippen molar-refractivity contribution in [1.82, 2.24) is 19.7 Å². The van der Waals surface area contributed by atoms with Crippen LogP contribution in [0, 0.1) is 5.82 Å². The summed E-state index contributed by atoms with van der Waals surface area (Å²) in [5, 5.41) is 9.02. The average Bonchev–Trinajstić information content (AvgIpc) is 3.47. The van der Waals surface area contributed by atoms with Gasteiger partial charge in [-0.05, 0) is 36.4 Å². The third kappa shape index (κ3) is 5.17. The Morgan fingerprint density at radius 2 is 1.88 bits per heavy atom. The van der Waals surface area contributed by atoms with Gasteiger partial charge in [-0.15, -0.1) is 10.2 Å². The number of carbonyl (C=O) groups excluding carboxylic acids is 1. The van der Waals surface area contributed by atoms with Crippen LogP contribution < -0.4 is 4.74 Å². The molecule has 4 aromatic rings. The predicted octanol–water partition coefficient (Wildman–Crippen LogP) is 4.33. The Bertz CT molecular complexity index is 1170. The van der Waals surface area contributed by atoms with Crippen LogP contribution in [-0.4, -0.2) is 38.4 Å². The van der Waals surface area contributed by atoms with Crippen LogP contribution in [0.5, 0.6) is 5.75 Å². The maximum absolute atomic E-state index is 13.9. The number of rotatable bonds is 9. The summed E-state index contributed by atoms with van der Waals surface area (Å²) in [6.07, 6.45) is 1.58. The summed E-state index contributed by atoms with van der Waals surface area (Å²) in [6, 6.07) is 19.3. The molecule has 2 heterocycles. The summed E-state index contributed by atoms with van der Waals surface area (Å²) in [5.74, 6) is 1.01. The molecule has 0 spiro atoms. The van der Waals surface area contributed by atoms with Gasteiger partial charge in [0, 0.05) is 12.7 Å². The summed E-state index contributed by atoms with van der Waals surface area (Å²) in [7, 11) is 1.72. The standard InChI is InChI=1S/C23H21FN4O3S/c1-27(14-18-10-7-13-30-18)22(29)16-32-23-26-25-21(28(23)17-8-3-2-4-9-17)15-31-20-12-6-5-11-19(20)24/h2-13H,14-16H2,1H3. The fourth-order valence-electron chi connectivity index (χ4n) is 2.99. The van der Waals surface area contributed by atoms with Crippen molar-refractivity contribution >= 4 is 17.7 Å². The number of hydrogen-bond acceptors (Lipinski definition) is 6. The number of ether oxygens (including phenoxy) is 1. The second-order valence-corrected chi connectivity index (χ2v) is 7.85. The van der Waals surface area contributed by atoms with Gasteiger partial charge in [-0.3, -0.25) is 9.36 Å². The zero-order chi connectivity index (χ0) is 22.3. The molecule has 0 saturated heterocycles. The highest BCUT2D eigenvalue weighted by atomic mass is 32.2. The van der Waals surface area contributed by atoms with Crippen LogP contribution in [-0.2, 0) is 17.9 Å². The number of benzene rings is 2. The molecular formula is C23H21FN4O3S. The zero-order valence-electron chi connectivity index (χ0n) is 17.3. The van der Waals surface area contributed by atoms with Gasteiger partial charge in [-0.25, -0.2) is 4.39 Å². The normalized spacial score (nSPS) is 10.8. The van der Waals surface area contributed by atoms with Crippen LogP contribution in [0.1, 0.15) is 11.6 Å². The fraction of sp³-hybridized carbons (Fsp3) is 0.174. The number of hydrogen-bond donors (Lipinski definition) is 0. The van der Waals surface area contributed by atoms with Gasteiger partial charge in [0.1, 0.15) is 12.4 Å². The second kappa shape index (κ2) is 10.1. The van der Waals surface area contributed by atoms with E-state index < -0.39 is 5.82 Å². The smallest absolute Gasteiger partial charge is 0.233 e. The SMILES string of the molecule is CN(Cc1ccco1)C(=O)CSc1nnc(COc2ccccc2F)n1-c1ccccc1. The molecule has 7 nitrogen and oxygen atoms in total. The summed E-state index contributed by atoms with van der Waals surface area (Å²) < 4.78 is 26.7. The number of carbonyl (C=O) groups is 1. The first kappa shape index (κ1) is 21.6. The molecular weight excluding hydrogens is 431 g/mol. The Balaban J connectivity index is 1.49. The number of para-hydroxylation sites is 2. The van der Waals surface area contributed by atoms with E-state index in [1.807, 2.05) is 41.0 Å². The molecule has 1 amide bonds. The summed E-state index contributed by atoms with van der Waals surface area (Å²) in [5.41, 5.74) is 0.823. The van der Waals surface area contributed by atoms with Crippen molar-refractivity contribution in [3.8, 4) is 11.4 Å². The van der Waals surface area contributed by atoms with Crippen LogP contribution >= 0.6 is 11.8 Å². The van der Waals surface area contributed by atoms with E-state index in [0.717, 1.165) is 5.69 Å². The van der Waals surface area contributed by atoms with Crippen molar-refractivity contribution in [1.29, 1.82) is 0 Å². The van der Waals surface area contributed by atoms with Crippen molar-refractivity contribution in [2.75, 3.05) is 12.8 Å². The highest BCUT2D eigenvalue weighted by Gasteiger charge is 2.18. The van der Waals surface area contributed by atoms with Gasteiger partial charge in [-0.2, -0.15) is 0 Å². The second-order valence-electron chi connectivity index (χ2n) is 6.91. The first-order valence-corrected chi connectivity index (χ1v) is 10.9. The molecule has 2 aromatic carbocycles. The number of furan rings is 1. The summed E-state index contributed by atoms with van der Waals surface area (Å²) in [4.78, 5) is 14.2. The van der Waals surface area contributed by atoms with Gasteiger partial charge >= 0.3 is 0 Å². The lowest BCUT2D eigenvalue weighted by Gasteiger charge is -2.15. The Labute approximate surface area is 188 Å². The third-order valence-electron chi connectivity index (χ3n) is 4.63. The van der Waals surface area contributed by atoms with Crippen molar-refractivity contribution in [2.45, 2.75) is 18.3 Å². The van der Waals surface area contributed by atoms with Crippen molar-refractivity contribution in [3.05, 3.63) is 90.4 Å². The zero-order valence-corrected chi connectivity index (χ0v) is 18.2. The maximum Gasteiger partial charge on any atom is 0.233 e. The van der Waals surface area contributed by atoms with Crippen LogP contribution in [0.3, 0.4) is 0 Å². The van der Waals surface area contributed by atoms with Gasteiger partial charge in [-0.1, -0.05) is 42.1 Å². The average molecular weight is 453 g/mol. The first-order chi connectivity index (χ1) is 15.6. The molecule has 0 radical (unpaired) electrons. The minimum Gasteiger partial charge on any atom is -0.483 e. The Morgan fingerprint density at radius 1 is 1.09 bits per heavy atom. The van der Waals surface area contributed by atoms with Gasteiger partial charge in [0.15, 0.2) is 22.5 Å². The quantitative estimate of drug-likeness (QED) is 0.352. The van der Waals surface area contributed by atoms with E-state index >= 15 is 0 Å². The minimum atomic E-state index is -0.446. The van der Waals surface area contributed by atoms with Gasteiger partial charge < -0.3 is 14.1 Å². The van der Waals surface area contributed by atoms with Crippen molar-refractivity contribution < 1.29 is 18.3 Å². The van der Waals surface area contributed by atoms with Gasteiger partial charge in [0.05, 0.1) is 18.6 Å². The number of halogens is 1. The molecule has 4 rings (SSSR count). The lowest BCUT2D eigenvalue weighted by atomic mass is 10.3. The maximum atomic E-state index is 13.9. The van der Waals surface area contributed by atoms with Gasteiger partial charge in [0.2, 0.25) is 5.91 Å². The molecule has 2 aromatic heterocycles. The highest BCUT2D eigenvalue weighted by molar-refractivity contribution is 7.99. The number of nitrogens with zero attached hydrogens (tertiary/aromatic N) is 4. The summed E-state index contributed by atoms with van der Waals surface area (Å²) in [6.45, 7) is 0.412. The van der Waals surface area contributed by atoms with E-state index in [9.17, 15) is 9.18 Å². The van der Waals surface area contributed by atoms with Crippen LogP contribution in [0.15, 0.2) is 82.6 Å². The lowest BCUT2D eigenvalue weighted by molar-refractivity contribution is -0.127. The molecule has 9 heteroatoms. The molecule has 0 aliphatic carbocycles. The number of aromatic nitrogens is 3. The molecule has 0 bridgehead atoms. The lowest BCUT2D eigenvalue weighted by Crippen LogP contribution is -2.27. The molecule has 32 heavy (non-hydrogen) atoms. The molecule has 0 saturated carbocycles. The van der Waals surface area contributed by atoms with Crippen LogP contribution in [0.25, 0.3) is 5.69 Å². The largest absolute Gasteiger partial charge is 0.483 e. The van der Waals surface area contributed by atoms with Gasteiger partial charge in [0.25, 0.3) is 0 Å². The monoisotopic (exact) mass is 452 g/mol. The summed E-state index contributed by atoms with van der Waals surface area (Å²) >= 11 is 1.27. The predicted molar refractivity (Wildman–Crippen MR) is 118 cm³/mol. The highest BCUT2D eigenvalue weighted by Crippen LogP contribution is 2.24. The Hall–Kier alpha value is -3.59. The Morgan fingerprint density at radius 3 is 2.62 bits per heavy atom.